The van der Waals surface area contributed by atoms with Crippen LogP contribution in [0.2, 0.25) is 0 Å². The van der Waals surface area contributed by atoms with E-state index in [0.717, 1.165) is 5.56 Å². The van der Waals surface area contributed by atoms with Gasteiger partial charge in [-0.1, -0.05) is 48.6 Å². The highest BCUT2D eigenvalue weighted by Crippen LogP contribution is 2.36. The molecule has 5 nitrogen and oxygen atoms in total. The quantitative estimate of drug-likeness (QED) is 0.600. The van der Waals surface area contributed by atoms with E-state index in [1.54, 1.807) is 35.7 Å². The van der Waals surface area contributed by atoms with Crippen LogP contribution in [0.4, 0.5) is 5.69 Å². The minimum absolute atomic E-state index is 0.203. The fourth-order valence-electron chi connectivity index (χ4n) is 2.90. The lowest BCUT2D eigenvalue weighted by Crippen LogP contribution is -2.31. The standard InChI is InChI=1S/C21H19NO4S2/c23-28(24,21-9-5-15-27-21)22(12-4-8-17-6-2-1-3-7-17)18-10-11-19-20(16-18)26-14-13-25-19/h1-11,15-16H,12-14H2/b8-4+. The summed E-state index contributed by atoms with van der Waals surface area (Å²) in [5.74, 6) is 1.19. The molecule has 4 rings (SSSR count). The van der Waals surface area contributed by atoms with Crippen molar-refractivity contribution in [2.45, 2.75) is 4.21 Å². The number of rotatable bonds is 6. The van der Waals surface area contributed by atoms with Crippen LogP contribution in [0.5, 0.6) is 11.5 Å². The van der Waals surface area contributed by atoms with E-state index in [2.05, 4.69) is 0 Å². The minimum Gasteiger partial charge on any atom is -0.486 e. The summed E-state index contributed by atoms with van der Waals surface area (Å²) in [7, 11) is -3.69. The van der Waals surface area contributed by atoms with E-state index >= 15 is 0 Å². The van der Waals surface area contributed by atoms with Gasteiger partial charge in [0.15, 0.2) is 11.5 Å². The van der Waals surface area contributed by atoms with Crippen LogP contribution in [0.1, 0.15) is 5.56 Å². The summed E-state index contributed by atoms with van der Waals surface area (Å²) in [5, 5.41) is 1.76. The van der Waals surface area contributed by atoms with Crippen LogP contribution in [0.25, 0.3) is 6.08 Å². The van der Waals surface area contributed by atoms with Gasteiger partial charge in [0.05, 0.1) is 12.2 Å². The summed E-state index contributed by atoms with van der Waals surface area (Å²) in [5.41, 5.74) is 1.55. The molecule has 2 aromatic carbocycles. The van der Waals surface area contributed by atoms with Gasteiger partial charge in [-0.2, -0.15) is 0 Å². The molecule has 0 saturated heterocycles. The normalized spacial score (nSPS) is 13.6. The third-order valence-electron chi connectivity index (χ3n) is 4.23. The topological polar surface area (TPSA) is 55.8 Å². The molecule has 0 atom stereocenters. The molecular weight excluding hydrogens is 394 g/mol. The predicted octanol–water partition coefficient (Wildman–Crippen LogP) is 4.43. The molecule has 0 bridgehead atoms. The lowest BCUT2D eigenvalue weighted by molar-refractivity contribution is 0.171. The number of hydrogen-bond donors (Lipinski definition) is 0. The Morgan fingerprint density at radius 2 is 1.75 bits per heavy atom. The van der Waals surface area contributed by atoms with Gasteiger partial charge in [0.1, 0.15) is 17.4 Å². The van der Waals surface area contributed by atoms with Crippen molar-refractivity contribution in [3.8, 4) is 11.5 Å². The summed E-state index contributed by atoms with van der Waals surface area (Å²) in [6, 6.07) is 18.3. The molecule has 0 amide bonds. The maximum absolute atomic E-state index is 13.2. The third kappa shape index (κ3) is 3.90. The zero-order valence-corrected chi connectivity index (χ0v) is 16.7. The molecular formula is C21H19NO4S2. The summed E-state index contributed by atoms with van der Waals surface area (Å²) in [6.45, 7) is 1.14. The second-order valence-electron chi connectivity index (χ2n) is 6.11. The molecule has 7 heteroatoms. The smallest absolute Gasteiger partial charge is 0.274 e. The van der Waals surface area contributed by atoms with Gasteiger partial charge in [-0.05, 0) is 29.1 Å². The third-order valence-corrected chi connectivity index (χ3v) is 7.40. The Hall–Kier alpha value is -2.77. The number of sulfonamides is 1. The minimum atomic E-state index is -3.69. The van der Waals surface area contributed by atoms with Gasteiger partial charge in [-0.15, -0.1) is 11.3 Å². The van der Waals surface area contributed by atoms with Gasteiger partial charge in [-0.25, -0.2) is 8.42 Å². The predicted molar refractivity (Wildman–Crippen MR) is 112 cm³/mol. The molecule has 0 radical (unpaired) electrons. The molecule has 1 aliphatic rings. The Morgan fingerprint density at radius 3 is 2.50 bits per heavy atom. The van der Waals surface area contributed by atoms with Crippen molar-refractivity contribution < 1.29 is 17.9 Å². The monoisotopic (exact) mass is 413 g/mol. The van der Waals surface area contributed by atoms with Crippen molar-refractivity contribution in [1.29, 1.82) is 0 Å². The summed E-state index contributed by atoms with van der Waals surface area (Å²) in [4.78, 5) is 0. The molecule has 0 fully saturated rings. The molecule has 1 aromatic heterocycles. The van der Waals surface area contributed by atoms with Gasteiger partial charge in [0.25, 0.3) is 10.0 Å². The van der Waals surface area contributed by atoms with Crippen molar-refractivity contribution in [1.82, 2.24) is 0 Å². The van der Waals surface area contributed by atoms with Crippen LogP contribution in [0.3, 0.4) is 0 Å². The highest BCUT2D eigenvalue weighted by molar-refractivity contribution is 7.94. The Balaban J connectivity index is 1.68. The second kappa shape index (κ2) is 8.08. The fraction of sp³-hybridized carbons (Fsp3) is 0.143. The molecule has 1 aliphatic heterocycles. The summed E-state index contributed by atoms with van der Waals surface area (Å²) < 4.78 is 39.3. The Morgan fingerprint density at radius 1 is 0.964 bits per heavy atom. The first-order valence-electron chi connectivity index (χ1n) is 8.82. The van der Waals surface area contributed by atoms with Crippen LogP contribution >= 0.6 is 11.3 Å². The van der Waals surface area contributed by atoms with E-state index in [-0.39, 0.29) is 6.54 Å². The SMILES string of the molecule is O=S(=O)(c1cccs1)N(C/C=C/c1ccccc1)c1ccc2c(c1)OCCO2. The molecule has 0 spiro atoms. The first-order valence-corrected chi connectivity index (χ1v) is 11.1. The lowest BCUT2D eigenvalue weighted by atomic mass is 10.2. The van der Waals surface area contributed by atoms with E-state index in [0.29, 0.717) is 34.6 Å². The molecule has 3 aromatic rings. The van der Waals surface area contributed by atoms with Crippen LogP contribution in [0, 0.1) is 0 Å². The van der Waals surface area contributed by atoms with Gasteiger partial charge in [0.2, 0.25) is 0 Å². The Labute approximate surface area is 168 Å². The number of benzene rings is 2. The van der Waals surface area contributed by atoms with Crippen molar-refractivity contribution in [2.24, 2.45) is 0 Å². The molecule has 0 saturated carbocycles. The molecule has 28 heavy (non-hydrogen) atoms. The number of anilines is 1. The van der Waals surface area contributed by atoms with E-state index in [4.69, 9.17) is 9.47 Å². The van der Waals surface area contributed by atoms with E-state index < -0.39 is 10.0 Å². The number of ether oxygens (including phenoxy) is 2. The maximum atomic E-state index is 13.2. The first-order chi connectivity index (χ1) is 13.6. The van der Waals surface area contributed by atoms with Crippen molar-refractivity contribution in [3.05, 3.63) is 77.7 Å². The number of thiophene rings is 1. The molecule has 0 N–H and O–H groups in total. The molecule has 2 heterocycles. The van der Waals surface area contributed by atoms with Crippen LogP contribution in [-0.4, -0.2) is 28.2 Å². The number of fused-ring (bicyclic) bond motifs is 1. The number of nitrogens with zero attached hydrogens (tertiary/aromatic N) is 1. The highest BCUT2D eigenvalue weighted by Gasteiger charge is 2.26. The highest BCUT2D eigenvalue weighted by atomic mass is 32.2. The largest absolute Gasteiger partial charge is 0.486 e. The average molecular weight is 414 g/mol. The van der Waals surface area contributed by atoms with Crippen LogP contribution in [-0.2, 0) is 10.0 Å². The molecule has 144 valence electrons. The van der Waals surface area contributed by atoms with Gasteiger partial charge in [0, 0.05) is 6.07 Å². The van der Waals surface area contributed by atoms with Crippen LogP contribution in [0.15, 0.2) is 76.3 Å². The van der Waals surface area contributed by atoms with Crippen molar-refractivity contribution in [2.75, 3.05) is 24.1 Å². The zero-order chi connectivity index (χ0) is 19.4. The van der Waals surface area contributed by atoms with Gasteiger partial charge in [-0.3, -0.25) is 4.31 Å². The van der Waals surface area contributed by atoms with Crippen molar-refractivity contribution in [3.63, 3.8) is 0 Å². The summed E-state index contributed by atoms with van der Waals surface area (Å²) in [6.07, 6.45) is 3.76. The lowest BCUT2D eigenvalue weighted by Gasteiger charge is -2.25. The first kappa shape index (κ1) is 18.6. The second-order valence-corrected chi connectivity index (χ2v) is 9.15. The maximum Gasteiger partial charge on any atom is 0.274 e. The Kier molecular flexibility index (Phi) is 5.36. The Bertz CT molecular complexity index is 1060. The molecule has 0 unspecified atom stereocenters. The van der Waals surface area contributed by atoms with Gasteiger partial charge < -0.3 is 9.47 Å². The van der Waals surface area contributed by atoms with E-state index in [9.17, 15) is 8.42 Å². The zero-order valence-electron chi connectivity index (χ0n) is 15.0. The average Bonchev–Trinajstić information content (AvgIpc) is 3.27. The molecule has 0 aliphatic carbocycles. The fourth-order valence-corrected chi connectivity index (χ4v) is 5.41. The van der Waals surface area contributed by atoms with E-state index in [1.807, 2.05) is 42.5 Å². The van der Waals surface area contributed by atoms with E-state index in [1.165, 1.54) is 15.6 Å². The number of hydrogen-bond acceptors (Lipinski definition) is 5. The summed E-state index contributed by atoms with van der Waals surface area (Å²) >= 11 is 1.20. The van der Waals surface area contributed by atoms with Gasteiger partial charge >= 0.3 is 0 Å². The van der Waals surface area contributed by atoms with Crippen molar-refractivity contribution >= 4 is 33.1 Å². The van der Waals surface area contributed by atoms with Crippen LogP contribution < -0.4 is 13.8 Å².